The van der Waals surface area contributed by atoms with Gasteiger partial charge in [-0.1, -0.05) is 19.9 Å². The van der Waals surface area contributed by atoms with E-state index in [-0.39, 0.29) is 12.6 Å². The lowest BCUT2D eigenvalue weighted by Gasteiger charge is -2.30. The summed E-state index contributed by atoms with van der Waals surface area (Å²) >= 11 is 0. The second kappa shape index (κ2) is 6.76. The molecule has 0 saturated heterocycles. The normalized spacial score (nSPS) is 10.6. The zero-order valence-electron chi connectivity index (χ0n) is 11.2. The number of carbonyl (C=O) groups is 1. The third-order valence-electron chi connectivity index (χ3n) is 3.28. The van der Waals surface area contributed by atoms with Gasteiger partial charge in [0, 0.05) is 5.69 Å². The molecule has 0 fully saturated rings. The molecule has 0 saturated carbocycles. The van der Waals surface area contributed by atoms with Gasteiger partial charge in [0.05, 0.1) is 23.8 Å². The van der Waals surface area contributed by atoms with Crippen LogP contribution in [0.2, 0.25) is 0 Å². The van der Waals surface area contributed by atoms with Gasteiger partial charge in [0.15, 0.2) is 0 Å². The number of nitriles is 1. The van der Waals surface area contributed by atoms with Crippen LogP contribution in [0.5, 0.6) is 0 Å². The Hall–Kier alpha value is -2.06. The molecule has 19 heavy (non-hydrogen) atoms. The highest BCUT2D eigenvalue weighted by Crippen LogP contribution is 2.15. The number of urea groups is 1. The standard InChI is InChI=1S/C14H19N3O2/c1-3-14(4-2,10-18)17-13(19)16-12-7-5-6-11(8-12)9-15/h5-8,18H,3-4,10H2,1-2H3,(H2,16,17,19). The SMILES string of the molecule is CCC(CC)(CO)NC(=O)Nc1cccc(C#N)c1. The third-order valence-corrected chi connectivity index (χ3v) is 3.28. The minimum Gasteiger partial charge on any atom is -0.394 e. The van der Waals surface area contributed by atoms with Gasteiger partial charge in [0.2, 0.25) is 0 Å². The van der Waals surface area contributed by atoms with Crippen LogP contribution in [0.1, 0.15) is 32.3 Å². The summed E-state index contributed by atoms with van der Waals surface area (Å²) < 4.78 is 0. The molecule has 0 spiro atoms. The highest BCUT2D eigenvalue weighted by atomic mass is 16.3. The monoisotopic (exact) mass is 261 g/mol. The number of benzene rings is 1. The number of nitrogens with one attached hydrogen (secondary N) is 2. The van der Waals surface area contributed by atoms with E-state index in [2.05, 4.69) is 10.6 Å². The second-order valence-electron chi connectivity index (χ2n) is 4.42. The Bertz CT molecular complexity index is 468. The van der Waals surface area contributed by atoms with E-state index in [0.717, 1.165) is 0 Å². The van der Waals surface area contributed by atoms with Gasteiger partial charge in [-0.05, 0) is 31.0 Å². The van der Waals surface area contributed by atoms with Crippen molar-refractivity contribution in [3.8, 4) is 6.07 Å². The third kappa shape index (κ3) is 3.97. The summed E-state index contributed by atoms with van der Waals surface area (Å²) in [4.78, 5) is 11.9. The minimum absolute atomic E-state index is 0.106. The molecule has 1 aromatic carbocycles. The number of aliphatic hydroxyl groups excluding tert-OH is 1. The summed E-state index contributed by atoms with van der Waals surface area (Å²) in [6.07, 6.45) is 1.29. The Morgan fingerprint density at radius 3 is 2.63 bits per heavy atom. The first-order valence-electron chi connectivity index (χ1n) is 6.29. The smallest absolute Gasteiger partial charge is 0.319 e. The van der Waals surface area contributed by atoms with Crippen molar-refractivity contribution in [2.45, 2.75) is 32.2 Å². The van der Waals surface area contributed by atoms with Crippen molar-refractivity contribution < 1.29 is 9.90 Å². The van der Waals surface area contributed by atoms with E-state index < -0.39 is 5.54 Å². The molecule has 0 aromatic heterocycles. The van der Waals surface area contributed by atoms with Crippen LogP contribution in [0.15, 0.2) is 24.3 Å². The van der Waals surface area contributed by atoms with E-state index in [1.54, 1.807) is 24.3 Å². The summed E-state index contributed by atoms with van der Waals surface area (Å²) in [5, 5.41) is 23.6. The molecule has 0 heterocycles. The average Bonchev–Trinajstić information content (AvgIpc) is 2.45. The second-order valence-corrected chi connectivity index (χ2v) is 4.42. The van der Waals surface area contributed by atoms with Gasteiger partial charge in [0.25, 0.3) is 0 Å². The first kappa shape index (κ1) is 15.0. The molecule has 0 radical (unpaired) electrons. The summed E-state index contributed by atoms with van der Waals surface area (Å²) in [5.74, 6) is 0. The number of rotatable bonds is 5. The molecule has 5 nitrogen and oxygen atoms in total. The quantitative estimate of drug-likeness (QED) is 0.759. The minimum atomic E-state index is -0.600. The van der Waals surface area contributed by atoms with Gasteiger partial charge in [-0.25, -0.2) is 4.79 Å². The fourth-order valence-electron chi connectivity index (χ4n) is 1.76. The van der Waals surface area contributed by atoms with E-state index in [1.165, 1.54) is 0 Å². The molecule has 102 valence electrons. The van der Waals surface area contributed by atoms with Gasteiger partial charge < -0.3 is 15.7 Å². The first-order valence-corrected chi connectivity index (χ1v) is 6.29. The van der Waals surface area contributed by atoms with Crippen LogP contribution in [0.3, 0.4) is 0 Å². The van der Waals surface area contributed by atoms with E-state index in [1.807, 2.05) is 19.9 Å². The molecule has 2 amide bonds. The number of hydrogen-bond donors (Lipinski definition) is 3. The number of anilines is 1. The summed E-state index contributed by atoms with van der Waals surface area (Å²) in [5.41, 5.74) is 0.435. The molecular formula is C14H19N3O2. The van der Waals surface area contributed by atoms with Crippen LogP contribution >= 0.6 is 0 Å². The van der Waals surface area contributed by atoms with E-state index >= 15 is 0 Å². The van der Waals surface area contributed by atoms with E-state index in [9.17, 15) is 9.90 Å². The molecule has 0 aliphatic carbocycles. The van der Waals surface area contributed by atoms with Crippen molar-refractivity contribution in [3.05, 3.63) is 29.8 Å². The molecule has 3 N–H and O–H groups in total. The fourth-order valence-corrected chi connectivity index (χ4v) is 1.76. The lowest BCUT2D eigenvalue weighted by molar-refractivity contribution is 0.155. The van der Waals surface area contributed by atoms with Crippen LogP contribution in [-0.2, 0) is 0 Å². The molecular weight excluding hydrogens is 242 g/mol. The highest BCUT2D eigenvalue weighted by Gasteiger charge is 2.27. The maximum atomic E-state index is 11.9. The summed E-state index contributed by atoms with van der Waals surface area (Å²) in [7, 11) is 0. The molecule has 1 aromatic rings. The number of hydrogen-bond acceptors (Lipinski definition) is 3. The Kier molecular flexibility index (Phi) is 5.34. The molecule has 0 bridgehead atoms. The van der Waals surface area contributed by atoms with Crippen LogP contribution in [0.25, 0.3) is 0 Å². The maximum Gasteiger partial charge on any atom is 0.319 e. The maximum absolute atomic E-state index is 11.9. The summed E-state index contributed by atoms with van der Waals surface area (Å²) in [6, 6.07) is 8.30. The van der Waals surface area contributed by atoms with Crippen molar-refractivity contribution in [3.63, 3.8) is 0 Å². The summed E-state index contributed by atoms with van der Waals surface area (Å²) in [6.45, 7) is 3.72. The molecule has 0 aliphatic heterocycles. The van der Waals surface area contributed by atoms with Crippen LogP contribution in [-0.4, -0.2) is 23.3 Å². The van der Waals surface area contributed by atoms with Crippen LogP contribution in [0.4, 0.5) is 10.5 Å². The van der Waals surface area contributed by atoms with E-state index in [4.69, 9.17) is 5.26 Å². The molecule has 0 aliphatic rings. The molecule has 5 heteroatoms. The Labute approximate surface area is 113 Å². The van der Waals surface area contributed by atoms with Gasteiger partial charge in [-0.2, -0.15) is 5.26 Å². The number of nitrogens with zero attached hydrogens (tertiary/aromatic N) is 1. The Balaban J connectivity index is 2.72. The lowest BCUT2D eigenvalue weighted by atomic mass is 9.94. The highest BCUT2D eigenvalue weighted by molar-refractivity contribution is 5.89. The van der Waals surface area contributed by atoms with E-state index in [0.29, 0.717) is 24.1 Å². The Morgan fingerprint density at radius 1 is 1.42 bits per heavy atom. The van der Waals surface area contributed by atoms with Crippen LogP contribution < -0.4 is 10.6 Å². The molecule has 0 unspecified atom stereocenters. The number of aliphatic hydroxyl groups is 1. The average molecular weight is 261 g/mol. The topological polar surface area (TPSA) is 85.2 Å². The van der Waals surface area contributed by atoms with Crippen molar-refractivity contribution in [1.29, 1.82) is 5.26 Å². The van der Waals surface area contributed by atoms with Gasteiger partial charge in [0.1, 0.15) is 0 Å². The van der Waals surface area contributed by atoms with Gasteiger partial charge in [-0.15, -0.1) is 0 Å². The van der Waals surface area contributed by atoms with Crippen molar-refractivity contribution in [1.82, 2.24) is 5.32 Å². The first-order chi connectivity index (χ1) is 9.09. The zero-order chi connectivity index (χ0) is 14.3. The van der Waals surface area contributed by atoms with Gasteiger partial charge in [-0.3, -0.25) is 0 Å². The van der Waals surface area contributed by atoms with Crippen LogP contribution in [0, 0.1) is 11.3 Å². The molecule has 0 atom stereocenters. The fraction of sp³-hybridized carbons (Fsp3) is 0.429. The molecule has 1 rings (SSSR count). The Morgan fingerprint density at radius 2 is 2.11 bits per heavy atom. The van der Waals surface area contributed by atoms with Gasteiger partial charge >= 0.3 is 6.03 Å². The largest absolute Gasteiger partial charge is 0.394 e. The predicted octanol–water partition coefficient (Wildman–Crippen LogP) is 2.23. The predicted molar refractivity (Wildman–Crippen MR) is 73.7 cm³/mol. The zero-order valence-corrected chi connectivity index (χ0v) is 11.2. The van der Waals surface area contributed by atoms with Crippen molar-refractivity contribution >= 4 is 11.7 Å². The lowest BCUT2D eigenvalue weighted by Crippen LogP contribution is -2.52. The van der Waals surface area contributed by atoms with Crippen molar-refractivity contribution in [2.75, 3.05) is 11.9 Å². The van der Waals surface area contributed by atoms with Crippen molar-refractivity contribution in [2.24, 2.45) is 0 Å². The number of carbonyl (C=O) groups excluding carboxylic acids is 1. The number of amides is 2.